The number of dihydropyridines is 1. The minimum Gasteiger partial charge on any atom is -0.506 e. The maximum Gasteiger partial charge on any atom is 0.192 e. The van der Waals surface area contributed by atoms with Crippen molar-refractivity contribution < 1.29 is 14.7 Å². The molecule has 2 aromatic rings. The number of aliphatic hydroxyl groups excluding tert-OH is 1. The number of nitrogens with two attached hydrogens (primary N) is 1. The Balaban J connectivity index is 2.14. The third kappa shape index (κ3) is 3.68. The first-order valence-electron chi connectivity index (χ1n) is 8.78. The number of hydrogen-bond donors (Lipinski definition) is 3. The lowest BCUT2D eigenvalue weighted by atomic mass is 9.73. The molecule has 0 amide bonds. The molecule has 138 valence electrons. The van der Waals surface area contributed by atoms with Crippen molar-refractivity contribution in [2.75, 3.05) is 0 Å². The van der Waals surface area contributed by atoms with E-state index in [1.165, 1.54) is 12.3 Å². The molecule has 1 heterocycles. The number of nitrogens with one attached hydrogen (secondary N) is 1. The highest BCUT2D eigenvalue weighted by molar-refractivity contribution is 6.18. The van der Waals surface area contributed by atoms with E-state index in [1.807, 2.05) is 12.1 Å². The number of aliphatic hydroxyl groups is 1. The van der Waals surface area contributed by atoms with E-state index in [2.05, 4.69) is 5.32 Å². The fourth-order valence-electron chi connectivity index (χ4n) is 3.36. The van der Waals surface area contributed by atoms with E-state index in [0.29, 0.717) is 11.1 Å². The summed E-state index contributed by atoms with van der Waals surface area (Å²) in [5.41, 5.74) is 5.78. The highest BCUT2D eigenvalue weighted by atomic mass is 16.3. The van der Waals surface area contributed by atoms with Gasteiger partial charge in [0.1, 0.15) is 11.3 Å². The molecule has 0 saturated carbocycles. The van der Waals surface area contributed by atoms with Crippen molar-refractivity contribution in [1.82, 2.24) is 5.32 Å². The number of rotatable bonds is 6. The topological polar surface area (TPSA) is 92.4 Å². The fraction of sp³-hybridized carbons (Fsp3) is 0.182. The molecule has 1 aliphatic heterocycles. The minimum atomic E-state index is -1.35. The molecular formula is C22H22N2O3. The van der Waals surface area contributed by atoms with Crippen LogP contribution in [0.25, 0.3) is 0 Å². The van der Waals surface area contributed by atoms with Gasteiger partial charge in [-0.25, -0.2) is 0 Å². The quantitative estimate of drug-likeness (QED) is 0.687. The average molecular weight is 362 g/mol. The molecule has 4 N–H and O–H groups in total. The standard InChI is InChI=1S/C22H22N2O3/c1-15(23)13-22(21(27)17-10-6-3-7-11-17)19(12-18(25)14-24-22)20(26)16-8-4-2-5-9-16/h2-12,14-15,24-25H,13,23H2,1H3. The number of ketones is 2. The molecular weight excluding hydrogens is 340 g/mol. The average Bonchev–Trinajstić information content (AvgIpc) is 2.69. The fourth-order valence-corrected chi connectivity index (χ4v) is 3.36. The van der Waals surface area contributed by atoms with Crippen molar-refractivity contribution in [2.24, 2.45) is 5.73 Å². The summed E-state index contributed by atoms with van der Waals surface area (Å²) in [6, 6.07) is 17.1. The molecule has 1 aliphatic rings. The van der Waals surface area contributed by atoms with Gasteiger partial charge in [0.05, 0.1) is 0 Å². The number of carbonyl (C=O) groups excluding carboxylic acids is 2. The van der Waals surface area contributed by atoms with Gasteiger partial charge in [-0.1, -0.05) is 60.7 Å². The SMILES string of the molecule is CC(N)CC1(C(=O)c2ccccc2)NC=C(O)C=C1C(=O)c1ccccc1. The monoisotopic (exact) mass is 362 g/mol. The van der Waals surface area contributed by atoms with Gasteiger partial charge in [0, 0.05) is 28.9 Å². The zero-order valence-electron chi connectivity index (χ0n) is 15.1. The maximum atomic E-state index is 13.5. The molecule has 27 heavy (non-hydrogen) atoms. The van der Waals surface area contributed by atoms with Crippen molar-refractivity contribution in [1.29, 1.82) is 0 Å². The van der Waals surface area contributed by atoms with Crippen molar-refractivity contribution in [2.45, 2.75) is 24.9 Å². The molecule has 3 rings (SSSR count). The summed E-state index contributed by atoms with van der Waals surface area (Å²) in [4.78, 5) is 26.7. The highest BCUT2D eigenvalue weighted by Crippen LogP contribution is 2.33. The largest absolute Gasteiger partial charge is 0.506 e. The Morgan fingerprint density at radius 1 is 1.04 bits per heavy atom. The van der Waals surface area contributed by atoms with E-state index in [1.54, 1.807) is 55.5 Å². The Bertz CT molecular complexity index is 902. The van der Waals surface area contributed by atoms with Crippen molar-refractivity contribution in [3.05, 3.63) is 95.4 Å². The summed E-state index contributed by atoms with van der Waals surface area (Å²) in [5, 5.41) is 13.0. The highest BCUT2D eigenvalue weighted by Gasteiger charge is 2.46. The van der Waals surface area contributed by atoms with E-state index >= 15 is 0 Å². The second kappa shape index (κ2) is 7.60. The minimum absolute atomic E-state index is 0.115. The Morgan fingerprint density at radius 3 is 2.15 bits per heavy atom. The van der Waals surface area contributed by atoms with Gasteiger partial charge in [-0.3, -0.25) is 9.59 Å². The zero-order valence-corrected chi connectivity index (χ0v) is 15.1. The van der Waals surface area contributed by atoms with E-state index < -0.39 is 5.54 Å². The van der Waals surface area contributed by atoms with Gasteiger partial charge in [-0.15, -0.1) is 0 Å². The van der Waals surface area contributed by atoms with Crippen LogP contribution in [0.3, 0.4) is 0 Å². The summed E-state index contributed by atoms with van der Waals surface area (Å²) >= 11 is 0. The molecule has 0 aromatic heterocycles. The Kier molecular flexibility index (Phi) is 5.23. The second-order valence-electron chi connectivity index (χ2n) is 6.75. The predicted octanol–water partition coefficient (Wildman–Crippen LogP) is 3.16. The second-order valence-corrected chi connectivity index (χ2v) is 6.75. The Labute approximate surface area is 158 Å². The molecule has 2 aromatic carbocycles. The zero-order chi connectivity index (χ0) is 19.4. The normalized spacial score (nSPS) is 20.1. The predicted molar refractivity (Wildman–Crippen MR) is 104 cm³/mol. The van der Waals surface area contributed by atoms with E-state index in [4.69, 9.17) is 5.73 Å². The molecule has 5 nitrogen and oxygen atoms in total. The molecule has 0 saturated heterocycles. The van der Waals surface area contributed by atoms with Gasteiger partial charge in [-0.05, 0) is 19.4 Å². The number of Topliss-reactive ketones (excluding diaryl/α,β-unsaturated/α-hetero) is 2. The van der Waals surface area contributed by atoms with Gasteiger partial charge in [0.25, 0.3) is 0 Å². The number of carbonyl (C=O) groups is 2. The summed E-state index contributed by atoms with van der Waals surface area (Å²) in [6.07, 6.45) is 2.90. The van der Waals surface area contributed by atoms with E-state index in [-0.39, 0.29) is 35.4 Å². The van der Waals surface area contributed by atoms with Crippen LogP contribution >= 0.6 is 0 Å². The Morgan fingerprint density at radius 2 is 1.59 bits per heavy atom. The third-order valence-corrected chi connectivity index (χ3v) is 4.55. The number of allylic oxidation sites excluding steroid dienone is 1. The first-order valence-corrected chi connectivity index (χ1v) is 8.78. The van der Waals surface area contributed by atoms with Gasteiger partial charge < -0.3 is 16.2 Å². The van der Waals surface area contributed by atoms with Crippen LogP contribution in [0.15, 0.2) is 84.3 Å². The van der Waals surface area contributed by atoms with Gasteiger partial charge in [0.2, 0.25) is 0 Å². The van der Waals surface area contributed by atoms with Crippen molar-refractivity contribution in [3.63, 3.8) is 0 Å². The van der Waals surface area contributed by atoms with Gasteiger partial charge >= 0.3 is 0 Å². The van der Waals surface area contributed by atoms with Crippen LogP contribution in [0.2, 0.25) is 0 Å². The summed E-state index contributed by atoms with van der Waals surface area (Å²) < 4.78 is 0. The van der Waals surface area contributed by atoms with Crippen LogP contribution < -0.4 is 11.1 Å². The molecule has 2 atom stereocenters. The summed E-state index contributed by atoms with van der Waals surface area (Å²) in [5.74, 6) is -0.706. The molecule has 2 unspecified atom stereocenters. The van der Waals surface area contributed by atoms with E-state index in [9.17, 15) is 14.7 Å². The smallest absolute Gasteiger partial charge is 0.192 e. The lowest BCUT2D eigenvalue weighted by Crippen LogP contribution is -2.57. The third-order valence-electron chi connectivity index (χ3n) is 4.55. The molecule has 5 heteroatoms. The molecule has 0 fully saturated rings. The van der Waals surface area contributed by atoms with Crippen LogP contribution in [-0.4, -0.2) is 28.3 Å². The first kappa shape index (κ1) is 18.6. The van der Waals surface area contributed by atoms with Crippen molar-refractivity contribution in [3.8, 4) is 0 Å². The number of hydrogen-bond acceptors (Lipinski definition) is 5. The molecule has 0 radical (unpaired) electrons. The van der Waals surface area contributed by atoms with Crippen LogP contribution in [0, 0.1) is 0 Å². The van der Waals surface area contributed by atoms with E-state index in [0.717, 1.165) is 0 Å². The summed E-state index contributed by atoms with van der Waals surface area (Å²) in [7, 11) is 0. The lowest BCUT2D eigenvalue weighted by Gasteiger charge is -2.38. The Hall–Kier alpha value is -3.18. The van der Waals surface area contributed by atoms with Crippen LogP contribution in [0.5, 0.6) is 0 Å². The molecule has 0 bridgehead atoms. The maximum absolute atomic E-state index is 13.5. The van der Waals surface area contributed by atoms with Crippen LogP contribution in [0.4, 0.5) is 0 Å². The molecule has 0 aliphatic carbocycles. The van der Waals surface area contributed by atoms with Crippen molar-refractivity contribution >= 4 is 11.6 Å². The number of benzene rings is 2. The summed E-state index contributed by atoms with van der Waals surface area (Å²) in [6.45, 7) is 1.78. The van der Waals surface area contributed by atoms with Crippen LogP contribution in [0.1, 0.15) is 34.1 Å². The van der Waals surface area contributed by atoms with Gasteiger partial charge in [0.15, 0.2) is 11.6 Å². The first-order chi connectivity index (χ1) is 12.9. The molecule has 0 spiro atoms. The lowest BCUT2D eigenvalue weighted by molar-refractivity contribution is 0.0843. The van der Waals surface area contributed by atoms with Crippen LogP contribution in [-0.2, 0) is 0 Å². The van der Waals surface area contributed by atoms with Gasteiger partial charge in [-0.2, -0.15) is 0 Å².